The quantitative estimate of drug-likeness (QED) is 0.109. The summed E-state index contributed by atoms with van der Waals surface area (Å²) < 4.78 is 84.7. The van der Waals surface area contributed by atoms with Crippen LogP contribution in [-0.4, -0.2) is 27.5 Å². The minimum atomic E-state index is -4.98. The topological polar surface area (TPSA) is 121 Å². The van der Waals surface area contributed by atoms with E-state index in [2.05, 4.69) is 16.4 Å². The molecular formula is C12H10F4N4O4S. The van der Waals surface area contributed by atoms with Gasteiger partial charge in [-0.15, -0.1) is 0 Å². The molecule has 0 heterocycles. The van der Waals surface area contributed by atoms with E-state index in [9.17, 15) is 30.8 Å². The molecular weight excluding hydrogens is 372 g/mol. The van der Waals surface area contributed by atoms with Gasteiger partial charge in [-0.05, 0) is 12.0 Å². The van der Waals surface area contributed by atoms with Gasteiger partial charge in [-0.2, -0.15) is 0 Å². The van der Waals surface area contributed by atoms with Gasteiger partial charge in [-0.3, -0.25) is 0 Å². The third kappa shape index (κ3) is 4.68. The number of ether oxygens (including phenoxy) is 1. The lowest BCUT2D eigenvalue weighted by atomic mass is 10.2. The smallest absolute Gasteiger partial charge is 0.330 e. The van der Waals surface area contributed by atoms with Crippen molar-refractivity contribution in [3.8, 4) is 0 Å². The zero-order valence-corrected chi connectivity index (χ0v) is 13.1. The molecule has 8 nitrogen and oxygen atoms in total. The van der Waals surface area contributed by atoms with Crippen molar-refractivity contribution in [3.05, 3.63) is 46.4 Å². The Morgan fingerprint density at radius 1 is 1.24 bits per heavy atom. The fraction of sp³-hybridized carbons (Fsp3) is 0.250. The van der Waals surface area contributed by atoms with Crippen molar-refractivity contribution in [2.75, 3.05) is 13.2 Å². The van der Waals surface area contributed by atoms with E-state index in [0.717, 1.165) is 6.08 Å². The van der Waals surface area contributed by atoms with Crippen LogP contribution in [0.15, 0.2) is 22.7 Å². The van der Waals surface area contributed by atoms with Crippen molar-refractivity contribution < 1.29 is 35.5 Å². The second-order valence-corrected chi connectivity index (χ2v) is 5.95. The van der Waals surface area contributed by atoms with Crippen LogP contribution in [-0.2, 0) is 19.6 Å². The molecule has 0 fully saturated rings. The van der Waals surface area contributed by atoms with E-state index < -0.39 is 56.4 Å². The summed E-state index contributed by atoms with van der Waals surface area (Å²) in [6, 6.07) is 0. The Labute approximate surface area is 138 Å². The summed E-state index contributed by atoms with van der Waals surface area (Å²) >= 11 is 0. The molecule has 0 aromatic heterocycles. The number of benzene rings is 1. The fourth-order valence-electron chi connectivity index (χ4n) is 1.55. The van der Waals surface area contributed by atoms with E-state index >= 15 is 0 Å². The van der Waals surface area contributed by atoms with Crippen LogP contribution in [0.5, 0.6) is 0 Å². The molecule has 136 valence electrons. The van der Waals surface area contributed by atoms with E-state index in [1.54, 1.807) is 4.72 Å². The van der Waals surface area contributed by atoms with Crippen molar-refractivity contribution in [1.29, 1.82) is 0 Å². The van der Waals surface area contributed by atoms with Gasteiger partial charge in [0.25, 0.3) is 0 Å². The highest BCUT2D eigenvalue weighted by molar-refractivity contribution is 7.89. The normalized spacial score (nSPS) is 10.9. The van der Waals surface area contributed by atoms with Crippen molar-refractivity contribution in [1.82, 2.24) is 4.72 Å². The Bertz CT molecular complexity index is 824. The second kappa shape index (κ2) is 8.46. The van der Waals surface area contributed by atoms with Crippen LogP contribution in [0.25, 0.3) is 10.4 Å². The predicted molar refractivity (Wildman–Crippen MR) is 76.0 cm³/mol. The van der Waals surface area contributed by atoms with Crippen LogP contribution in [0.1, 0.15) is 6.42 Å². The zero-order chi connectivity index (χ0) is 19.2. The summed E-state index contributed by atoms with van der Waals surface area (Å²) in [6.45, 7) is 2.43. The van der Waals surface area contributed by atoms with Gasteiger partial charge in [0.1, 0.15) is 5.69 Å². The van der Waals surface area contributed by atoms with Crippen LogP contribution < -0.4 is 4.72 Å². The van der Waals surface area contributed by atoms with Crippen molar-refractivity contribution in [3.63, 3.8) is 0 Å². The molecule has 0 saturated heterocycles. The van der Waals surface area contributed by atoms with Crippen LogP contribution in [0.2, 0.25) is 0 Å². The molecule has 25 heavy (non-hydrogen) atoms. The largest absolute Gasteiger partial charge is 0.462 e. The van der Waals surface area contributed by atoms with Crippen molar-refractivity contribution in [2.24, 2.45) is 5.11 Å². The average molecular weight is 382 g/mol. The first kappa shape index (κ1) is 20.4. The number of carbonyl (C=O) groups is 1. The number of sulfonamides is 1. The highest BCUT2D eigenvalue weighted by Crippen LogP contribution is 2.32. The van der Waals surface area contributed by atoms with E-state index in [4.69, 9.17) is 5.53 Å². The average Bonchev–Trinajstić information content (AvgIpc) is 2.56. The molecule has 1 rings (SSSR count). The number of hydrogen-bond donors (Lipinski definition) is 1. The number of rotatable bonds is 8. The van der Waals surface area contributed by atoms with Gasteiger partial charge in [0.2, 0.25) is 10.0 Å². The SMILES string of the molecule is C=CC(=O)OCCCNS(=O)(=O)c1c(F)c(F)c(N=[N+]=[N-])c(F)c1F. The Morgan fingerprint density at radius 3 is 2.28 bits per heavy atom. The predicted octanol–water partition coefficient (Wildman–Crippen LogP) is 2.58. The molecule has 0 saturated carbocycles. The zero-order valence-electron chi connectivity index (χ0n) is 12.3. The number of nitrogens with zero attached hydrogens (tertiary/aromatic N) is 3. The van der Waals surface area contributed by atoms with Crippen molar-refractivity contribution >= 4 is 21.7 Å². The van der Waals surface area contributed by atoms with Crippen molar-refractivity contribution in [2.45, 2.75) is 11.3 Å². The Morgan fingerprint density at radius 2 is 1.80 bits per heavy atom. The van der Waals surface area contributed by atoms with Gasteiger partial charge < -0.3 is 4.74 Å². The van der Waals surface area contributed by atoms with Crippen LogP contribution in [0, 0.1) is 23.3 Å². The molecule has 0 amide bonds. The molecule has 0 aliphatic carbocycles. The van der Waals surface area contributed by atoms with Gasteiger partial charge >= 0.3 is 5.97 Å². The van der Waals surface area contributed by atoms with Crippen LogP contribution >= 0.6 is 0 Å². The lowest BCUT2D eigenvalue weighted by Crippen LogP contribution is -2.28. The molecule has 0 unspecified atom stereocenters. The summed E-state index contributed by atoms with van der Waals surface area (Å²) in [7, 11) is -4.98. The number of halogens is 4. The third-order valence-corrected chi connectivity index (χ3v) is 4.12. The first-order valence-corrected chi connectivity index (χ1v) is 7.85. The molecule has 0 atom stereocenters. The van der Waals surface area contributed by atoms with E-state index in [1.165, 1.54) is 0 Å². The van der Waals surface area contributed by atoms with Gasteiger partial charge in [-0.1, -0.05) is 11.7 Å². The lowest BCUT2D eigenvalue weighted by Gasteiger charge is -2.11. The van der Waals surface area contributed by atoms with Gasteiger partial charge in [0.15, 0.2) is 28.2 Å². The first-order valence-electron chi connectivity index (χ1n) is 6.37. The third-order valence-electron chi connectivity index (χ3n) is 2.64. The Balaban J connectivity index is 3.04. The Kier molecular flexibility index (Phi) is 6.91. The number of carbonyl (C=O) groups excluding carboxylic acids is 1. The maximum Gasteiger partial charge on any atom is 0.330 e. The summed E-state index contributed by atoms with van der Waals surface area (Å²) in [5, 5.41) is 2.44. The summed E-state index contributed by atoms with van der Waals surface area (Å²) in [6.07, 6.45) is 0.773. The molecule has 0 spiro atoms. The van der Waals surface area contributed by atoms with Gasteiger partial charge in [-0.25, -0.2) is 35.5 Å². The maximum absolute atomic E-state index is 13.8. The van der Waals surface area contributed by atoms with E-state index in [1.807, 2.05) is 4.91 Å². The summed E-state index contributed by atoms with van der Waals surface area (Å²) in [5.41, 5.74) is 6.48. The first-order chi connectivity index (χ1) is 11.7. The molecule has 1 N–H and O–H groups in total. The number of azide groups is 1. The Hall–Kier alpha value is -2.63. The highest BCUT2D eigenvalue weighted by atomic mass is 32.2. The minimum Gasteiger partial charge on any atom is -0.462 e. The number of esters is 1. The van der Waals surface area contributed by atoms with Gasteiger partial charge in [0.05, 0.1) is 6.61 Å². The summed E-state index contributed by atoms with van der Waals surface area (Å²) in [5.74, 6) is -9.56. The second-order valence-electron chi connectivity index (χ2n) is 4.25. The van der Waals surface area contributed by atoms with E-state index in [-0.39, 0.29) is 13.0 Å². The van der Waals surface area contributed by atoms with Crippen LogP contribution in [0.4, 0.5) is 23.2 Å². The van der Waals surface area contributed by atoms with E-state index in [0.29, 0.717) is 0 Å². The standard InChI is InChI=1S/C12H10F4N4O4S/c1-2-6(21)24-5-3-4-18-25(22,23)12-9(15)7(13)11(19-20-17)8(14)10(12)16/h2,18H,1,3-5H2. The number of nitrogens with one attached hydrogen (secondary N) is 1. The number of hydrogen-bond acceptors (Lipinski definition) is 5. The fourth-order valence-corrected chi connectivity index (χ4v) is 2.76. The molecule has 1 aromatic rings. The molecule has 0 radical (unpaired) electrons. The van der Waals surface area contributed by atoms with Crippen LogP contribution in [0.3, 0.4) is 0 Å². The summed E-state index contributed by atoms with van der Waals surface area (Å²) in [4.78, 5) is 10.8. The highest BCUT2D eigenvalue weighted by Gasteiger charge is 2.32. The maximum atomic E-state index is 13.8. The molecule has 13 heteroatoms. The molecule has 1 aromatic carbocycles. The molecule has 0 aliphatic rings. The monoisotopic (exact) mass is 382 g/mol. The lowest BCUT2D eigenvalue weighted by molar-refractivity contribution is -0.137. The molecule has 0 aliphatic heterocycles. The minimum absolute atomic E-state index is 0.0934. The molecule has 0 bridgehead atoms. The van der Waals surface area contributed by atoms with Gasteiger partial charge in [0, 0.05) is 17.5 Å².